The summed E-state index contributed by atoms with van der Waals surface area (Å²) in [6, 6.07) is 9.22. The van der Waals surface area contributed by atoms with Crippen LogP contribution in [-0.2, 0) is 0 Å². The normalized spacial score (nSPS) is 29.4. The standard InChI is InChI=1S/C12H14N2/c13-10-7-14-11-6-5-8-3-1-2-4-9(8)12(10)11/h1-5,10-11,14H,6-7,13H2. The van der Waals surface area contributed by atoms with E-state index in [1.165, 1.54) is 16.0 Å². The molecule has 1 heterocycles. The lowest BCUT2D eigenvalue weighted by Crippen LogP contribution is -2.38. The summed E-state index contributed by atoms with van der Waals surface area (Å²) in [6.45, 7) is 0.919. The van der Waals surface area contributed by atoms with Crippen LogP contribution in [0.3, 0.4) is 0 Å². The van der Waals surface area contributed by atoms with Gasteiger partial charge in [0.05, 0.1) is 0 Å². The number of fused-ring (bicyclic) bond motifs is 2. The van der Waals surface area contributed by atoms with Gasteiger partial charge in [-0.05, 0) is 22.4 Å². The van der Waals surface area contributed by atoms with E-state index in [1.807, 2.05) is 0 Å². The largest absolute Gasteiger partial charge is 0.323 e. The number of benzene rings is 1. The maximum Gasteiger partial charge on any atom is 0.0405 e. The number of hydrogen-bond acceptors (Lipinski definition) is 2. The van der Waals surface area contributed by atoms with Gasteiger partial charge in [0.15, 0.2) is 0 Å². The van der Waals surface area contributed by atoms with Crippen LogP contribution >= 0.6 is 0 Å². The van der Waals surface area contributed by atoms with Crippen LogP contribution in [0.2, 0.25) is 0 Å². The first-order chi connectivity index (χ1) is 6.86. The Morgan fingerprint density at radius 3 is 3.07 bits per heavy atom. The average molecular weight is 186 g/mol. The fourth-order valence-electron chi connectivity index (χ4n) is 2.53. The lowest BCUT2D eigenvalue weighted by atomic mass is 9.94. The van der Waals surface area contributed by atoms with Gasteiger partial charge in [0.2, 0.25) is 0 Å². The summed E-state index contributed by atoms with van der Waals surface area (Å²) in [6.07, 6.45) is 3.38. The second kappa shape index (κ2) is 2.94. The van der Waals surface area contributed by atoms with Gasteiger partial charge < -0.3 is 11.1 Å². The van der Waals surface area contributed by atoms with E-state index in [9.17, 15) is 0 Å². The van der Waals surface area contributed by atoms with Gasteiger partial charge in [0, 0.05) is 18.6 Å². The minimum atomic E-state index is 0.204. The molecular formula is C12H14N2. The lowest BCUT2D eigenvalue weighted by molar-refractivity contribution is 0.687. The molecule has 0 radical (unpaired) electrons. The smallest absolute Gasteiger partial charge is 0.0405 e. The summed E-state index contributed by atoms with van der Waals surface area (Å²) in [4.78, 5) is 0. The summed E-state index contributed by atoms with van der Waals surface area (Å²) >= 11 is 0. The number of rotatable bonds is 0. The molecule has 1 fully saturated rings. The monoisotopic (exact) mass is 186 g/mol. The maximum absolute atomic E-state index is 6.09. The Kier molecular flexibility index (Phi) is 1.72. The lowest BCUT2D eigenvalue weighted by Gasteiger charge is -2.16. The highest BCUT2D eigenvalue weighted by atomic mass is 15.0. The minimum Gasteiger partial charge on any atom is -0.323 e. The Morgan fingerprint density at radius 2 is 2.14 bits per heavy atom. The summed E-state index contributed by atoms with van der Waals surface area (Å²) in [5.41, 5.74) is 7.50. The molecule has 0 amide bonds. The van der Waals surface area contributed by atoms with Crippen LogP contribution in [0.15, 0.2) is 24.3 Å². The molecular weight excluding hydrogens is 172 g/mol. The second-order valence-corrected chi connectivity index (χ2v) is 4.05. The molecule has 14 heavy (non-hydrogen) atoms. The van der Waals surface area contributed by atoms with E-state index in [4.69, 9.17) is 5.73 Å². The van der Waals surface area contributed by atoms with Crippen molar-refractivity contribution in [3.05, 3.63) is 34.7 Å². The first-order valence-corrected chi connectivity index (χ1v) is 5.14. The molecule has 1 aromatic carbocycles. The van der Waals surface area contributed by atoms with Gasteiger partial charge in [0.1, 0.15) is 0 Å². The molecule has 1 aliphatic heterocycles. The molecule has 2 nitrogen and oxygen atoms in total. The van der Waals surface area contributed by atoms with Gasteiger partial charge in [-0.2, -0.15) is 0 Å². The van der Waals surface area contributed by atoms with Crippen LogP contribution in [0.4, 0.5) is 0 Å². The van der Waals surface area contributed by atoms with Gasteiger partial charge in [0.25, 0.3) is 0 Å². The first kappa shape index (κ1) is 8.21. The third kappa shape index (κ3) is 1.04. The molecule has 0 spiro atoms. The fourth-order valence-corrected chi connectivity index (χ4v) is 2.53. The van der Waals surface area contributed by atoms with Gasteiger partial charge >= 0.3 is 0 Å². The molecule has 1 aliphatic carbocycles. The van der Waals surface area contributed by atoms with E-state index in [2.05, 4.69) is 35.7 Å². The quantitative estimate of drug-likeness (QED) is 0.563. The molecule has 72 valence electrons. The molecule has 3 N–H and O–H groups in total. The second-order valence-electron chi connectivity index (χ2n) is 4.05. The minimum absolute atomic E-state index is 0.204. The zero-order chi connectivity index (χ0) is 9.54. The molecule has 2 aliphatic rings. The number of hydrogen-bond donors (Lipinski definition) is 2. The molecule has 2 unspecified atom stereocenters. The number of nitrogens with one attached hydrogen (secondary N) is 1. The SMILES string of the molecule is NC1CNC2CC=c3ccccc3=C12. The maximum atomic E-state index is 6.09. The Bertz CT molecular complexity index is 475. The Hall–Kier alpha value is -1.12. The molecule has 1 saturated heterocycles. The van der Waals surface area contributed by atoms with E-state index in [1.54, 1.807) is 0 Å². The Labute approximate surface area is 83.1 Å². The highest BCUT2D eigenvalue weighted by Crippen LogP contribution is 2.17. The summed E-state index contributed by atoms with van der Waals surface area (Å²) < 4.78 is 0. The Balaban J connectivity index is 2.37. The average Bonchev–Trinajstić information content (AvgIpc) is 2.61. The van der Waals surface area contributed by atoms with E-state index in [-0.39, 0.29) is 6.04 Å². The zero-order valence-corrected chi connectivity index (χ0v) is 8.03. The van der Waals surface area contributed by atoms with Crippen molar-refractivity contribution in [1.82, 2.24) is 5.32 Å². The Morgan fingerprint density at radius 1 is 1.29 bits per heavy atom. The van der Waals surface area contributed by atoms with Crippen molar-refractivity contribution in [3.8, 4) is 0 Å². The van der Waals surface area contributed by atoms with E-state index in [0.29, 0.717) is 6.04 Å². The van der Waals surface area contributed by atoms with Gasteiger partial charge in [-0.15, -0.1) is 0 Å². The predicted octanol–water partition coefficient (Wildman–Crippen LogP) is -0.679. The molecule has 0 saturated carbocycles. The predicted molar refractivity (Wildman–Crippen MR) is 57.9 cm³/mol. The van der Waals surface area contributed by atoms with Crippen LogP contribution in [0.25, 0.3) is 11.6 Å². The van der Waals surface area contributed by atoms with Crippen molar-refractivity contribution >= 4 is 11.6 Å². The molecule has 0 aromatic heterocycles. The van der Waals surface area contributed by atoms with Crippen molar-refractivity contribution in [3.63, 3.8) is 0 Å². The fraction of sp³-hybridized carbons (Fsp3) is 0.333. The van der Waals surface area contributed by atoms with Crippen molar-refractivity contribution < 1.29 is 0 Å². The summed E-state index contributed by atoms with van der Waals surface area (Å²) in [5.74, 6) is 0. The highest BCUT2D eigenvalue weighted by molar-refractivity contribution is 5.63. The zero-order valence-electron chi connectivity index (χ0n) is 8.03. The van der Waals surface area contributed by atoms with Gasteiger partial charge in [-0.1, -0.05) is 30.3 Å². The van der Waals surface area contributed by atoms with Crippen LogP contribution in [0.5, 0.6) is 0 Å². The molecule has 2 heteroatoms. The van der Waals surface area contributed by atoms with Crippen LogP contribution in [0, 0.1) is 0 Å². The van der Waals surface area contributed by atoms with E-state index < -0.39 is 0 Å². The third-order valence-electron chi connectivity index (χ3n) is 3.20. The van der Waals surface area contributed by atoms with Crippen LogP contribution in [0.1, 0.15) is 6.42 Å². The topological polar surface area (TPSA) is 38.0 Å². The summed E-state index contributed by atoms with van der Waals surface area (Å²) in [7, 11) is 0. The molecule has 1 aromatic rings. The van der Waals surface area contributed by atoms with Gasteiger partial charge in [-0.3, -0.25) is 0 Å². The van der Waals surface area contributed by atoms with Gasteiger partial charge in [-0.25, -0.2) is 0 Å². The van der Waals surface area contributed by atoms with E-state index in [0.717, 1.165) is 13.0 Å². The van der Waals surface area contributed by atoms with Crippen molar-refractivity contribution in [1.29, 1.82) is 0 Å². The number of nitrogens with two attached hydrogens (primary N) is 1. The summed E-state index contributed by atoms with van der Waals surface area (Å²) in [5, 5.41) is 6.15. The van der Waals surface area contributed by atoms with Crippen LogP contribution in [-0.4, -0.2) is 18.6 Å². The molecule has 0 bridgehead atoms. The van der Waals surface area contributed by atoms with E-state index >= 15 is 0 Å². The van der Waals surface area contributed by atoms with Crippen LogP contribution < -0.4 is 21.5 Å². The molecule has 2 atom stereocenters. The molecule has 3 rings (SSSR count). The third-order valence-corrected chi connectivity index (χ3v) is 3.20. The van der Waals surface area contributed by atoms with Crippen molar-refractivity contribution in [2.75, 3.05) is 6.54 Å². The highest BCUT2D eigenvalue weighted by Gasteiger charge is 2.28. The van der Waals surface area contributed by atoms with Crippen molar-refractivity contribution in [2.45, 2.75) is 18.5 Å². The first-order valence-electron chi connectivity index (χ1n) is 5.14. The van der Waals surface area contributed by atoms with Crippen molar-refractivity contribution in [2.24, 2.45) is 5.73 Å².